The Kier molecular flexibility index (Phi) is 5.91. The number of nitrogens with zero attached hydrogens (tertiary/aromatic N) is 3. The minimum atomic E-state index is -0.0908. The van der Waals surface area contributed by atoms with Gasteiger partial charge in [-0.2, -0.15) is 0 Å². The van der Waals surface area contributed by atoms with E-state index in [-0.39, 0.29) is 11.7 Å². The smallest absolute Gasteiger partial charge is 0.234 e. The van der Waals surface area contributed by atoms with E-state index in [1.54, 1.807) is 18.4 Å². The van der Waals surface area contributed by atoms with E-state index in [2.05, 4.69) is 29.0 Å². The molecule has 0 radical (unpaired) electrons. The first-order valence-corrected chi connectivity index (χ1v) is 9.29. The lowest BCUT2D eigenvalue weighted by Gasteiger charge is -2.07. The minimum Gasteiger partial charge on any atom is -0.461 e. The number of aromatic nitrogens is 3. The Morgan fingerprint density at radius 2 is 2.12 bits per heavy atom. The molecule has 0 aliphatic heterocycles. The molecule has 6 nitrogen and oxygen atoms in total. The van der Waals surface area contributed by atoms with Gasteiger partial charge >= 0.3 is 0 Å². The highest BCUT2D eigenvalue weighted by atomic mass is 32.2. The number of rotatable bonds is 8. The topological polar surface area (TPSA) is 73.0 Å². The van der Waals surface area contributed by atoms with Crippen LogP contribution < -0.4 is 5.32 Å². The number of anilines is 1. The van der Waals surface area contributed by atoms with Gasteiger partial charge in [0.2, 0.25) is 11.7 Å². The number of benzene rings is 1. The molecule has 3 rings (SSSR count). The number of amides is 1. The Hall–Kier alpha value is -2.80. The van der Waals surface area contributed by atoms with Gasteiger partial charge in [-0.25, -0.2) is 0 Å². The summed E-state index contributed by atoms with van der Waals surface area (Å²) < 4.78 is 7.27. The molecule has 7 heteroatoms. The monoisotopic (exact) mass is 368 g/mol. The van der Waals surface area contributed by atoms with Gasteiger partial charge in [0.1, 0.15) is 0 Å². The molecule has 0 spiro atoms. The average Bonchev–Trinajstić information content (AvgIpc) is 3.31. The first-order chi connectivity index (χ1) is 12.7. The number of allylic oxidation sites excluding steroid dienone is 1. The molecule has 1 amide bonds. The molecule has 1 N–H and O–H groups in total. The van der Waals surface area contributed by atoms with E-state index in [9.17, 15) is 4.79 Å². The summed E-state index contributed by atoms with van der Waals surface area (Å²) in [6, 6.07) is 11.5. The van der Waals surface area contributed by atoms with Crippen molar-refractivity contribution in [3.63, 3.8) is 0 Å². The zero-order valence-corrected chi connectivity index (χ0v) is 15.3. The van der Waals surface area contributed by atoms with E-state index in [1.807, 2.05) is 34.9 Å². The molecule has 2 aromatic heterocycles. The fourth-order valence-corrected chi connectivity index (χ4v) is 3.18. The van der Waals surface area contributed by atoms with Crippen molar-refractivity contribution >= 4 is 23.4 Å². The van der Waals surface area contributed by atoms with E-state index >= 15 is 0 Å². The zero-order valence-electron chi connectivity index (χ0n) is 14.5. The quantitative estimate of drug-likeness (QED) is 0.480. The number of hydrogen-bond donors (Lipinski definition) is 1. The summed E-state index contributed by atoms with van der Waals surface area (Å²) in [6.45, 7) is 6.40. The van der Waals surface area contributed by atoms with Gasteiger partial charge in [0.05, 0.1) is 12.0 Å². The molecule has 134 valence electrons. The molecular weight excluding hydrogens is 348 g/mol. The summed E-state index contributed by atoms with van der Waals surface area (Å²) in [7, 11) is 0. The van der Waals surface area contributed by atoms with Crippen LogP contribution in [-0.2, 0) is 17.8 Å². The summed E-state index contributed by atoms with van der Waals surface area (Å²) in [5.74, 6) is 1.40. The third-order valence-corrected chi connectivity index (χ3v) is 4.72. The summed E-state index contributed by atoms with van der Waals surface area (Å²) in [5, 5.41) is 11.9. The lowest BCUT2D eigenvalue weighted by Crippen LogP contribution is -2.14. The fourth-order valence-electron chi connectivity index (χ4n) is 2.43. The molecule has 1 aromatic carbocycles. The highest BCUT2D eigenvalue weighted by Gasteiger charge is 2.16. The number of thioether (sulfide) groups is 1. The van der Waals surface area contributed by atoms with Crippen molar-refractivity contribution in [2.24, 2.45) is 0 Å². The lowest BCUT2D eigenvalue weighted by atomic mass is 10.1. The second-order valence-electron chi connectivity index (χ2n) is 5.57. The number of hydrogen-bond acceptors (Lipinski definition) is 5. The Bertz CT molecular complexity index is 870. The molecule has 0 unspecified atom stereocenters. The van der Waals surface area contributed by atoms with Crippen molar-refractivity contribution in [2.45, 2.75) is 25.0 Å². The van der Waals surface area contributed by atoms with Crippen molar-refractivity contribution in [3.05, 3.63) is 60.9 Å². The molecule has 2 heterocycles. The van der Waals surface area contributed by atoms with Crippen LogP contribution in [0.15, 0.2) is 64.9 Å². The minimum absolute atomic E-state index is 0.0908. The van der Waals surface area contributed by atoms with Crippen molar-refractivity contribution in [1.82, 2.24) is 14.8 Å². The molecule has 0 bridgehead atoms. The average molecular weight is 368 g/mol. The molecule has 0 fully saturated rings. The van der Waals surface area contributed by atoms with Crippen LogP contribution in [0.2, 0.25) is 0 Å². The fraction of sp³-hybridized carbons (Fsp3) is 0.211. The summed E-state index contributed by atoms with van der Waals surface area (Å²) in [4.78, 5) is 12.2. The van der Waals surface area contributed by atoms with E-state index < -0.39 is 0 Å². The van der Waals surface area contributed by atoms with Gasteiger partial charge in [-0.3, -0.25) is 9.36 Å². The van der Waals surface area contributed by atoms with Crippen molar-refractivity contribution < 1.29 is 9.21 Å². The van der Waals surface area contributed by atoms with Crippen LogP contribution in [0.5, 0.6) is 0 Å². The number of nitrogens with one attached hydrogen (secondary N) is 1. The molecule has 3 aromatic rings. The highest BCUT2D eigenvalue weighted by molar-refractivity contribution is 7.99. The van der Waals surface area contributed by atoms with E-state index in [0.717, 1.165) is 12.1 Å². The van der Waals surface area contributed by atoms with Gasteiger partial charge in [-0.05, 0) is 36.2 Å². The first kappa shape index (κ1) is 18.0. The van der Waals surface area contributed by atoms with Gasteiger partial charge in [0.25, 0.3) is 0 Å². The Morgan fingerprint density at radius 1 is 1.31 bits per heavy atom. The maximum absolute atomic E-state index is 12.2. The van der Waals surface area contributed by atoms with Crippen LogP contribution in [0.25, 0.3) is 11.6 Å². The predicted octanol–water partition coefficient (Wildman–Crippen LogP) is 4.02. The van der Waals surface area contributed by atoms with Gasteiger partial charge in [0.15, 0.2) is 10.9 Å². The largest absolute Gasteiger partial charge is 0.461 e. The van der Waals surface area contributed by atoms with Gasteiger partial charge in [0, 0.05) is 12.2 Å². The zero-order chi connectivity index (χ0) is 18.4. The van der Waals surface area contributed by atoms with Crippen LogP contribution in [-0.4, -0.2) is 26.4 Å². The van der Waals surface area contributed by atoms with E-state index in [4.69, 9.17) is 4.42 Å². The van der Waals surface area contributed by atoms with Gasteiger partial charge in [-0.1, -0.05) is 36.9 Å². The Morgan fingerprint density at radius 3 is 2.77 bits per heavy atom. The summed E-state index contributed by atoms with van der Waals surface area (Å²) in [5.41, 5.74) is 2.02. The second kappa shape index (κ2) is 8.53. The van der Waals surface area contributed by atoms with Gasteiger partial charge in [-0.15, -0.1) is 16.8 Å². The lowest BCUT2D eigenvalue weighted by molar-refractivity contribution is -0.113. The number of furan rings is 1. The third kappa shape index (κ3) is 4.23. The third-order valence-electron chi connectivity index (χ3n) is 3.75. The maximum Gasteiger partial charge on any atom is 0.234 e. The first-order valence-electron chi connectivity index (χ1n) is 8.30. The molecule has 0 saturated heterocycles. The second-order valence-corrected chi connectivity index (χ2v) is 6.51. The Balaban J connectivity index is 1.65. The Labute approximate surface area is 156 Å². The molecule has 0 saturated carbocycles. The molecule has 0 aliphatic rings. The van der Waals surface area contributed by atoms with Gasteiger partial charge < -0.3 is 9.73 Å². The summed E-state index contributed by atoms with van der Waals surface area (Å²) >= 11 is 1.33. The summed E-state index contributed by atoms with van der Waals surface area (Å²) in [6.07, 6.45) is 4.32. The van der Waals surface area contributed by atoms with Crippen LogP contribution in [0.1, 0.15) is 12.5 Å². The molecular formula is C19H20N4O2S. The van der Waals surface area contributed by atoms with Crippen LogP contribution in [0.3, 0.4) is 0 Å². The number of carbonyl (C=O) groups is 1. The normalized spacial score (nSPS) is 10.7. The molecule has 26 heavy (non-hydrogen) atoms. The standard InChI is InChI=1S/C19H20N4O2S/c1-3-11-23-18(16-6-5-12-25-16)21-22-19(23)26-13-17(24)20-15-9-7-14(4-2)8-10-15/h3,5-10,12H,1,4,11,13H2,2H3,(H,20,24). The maximum atomic E-state index is 12.2. The van der Waals surface area contributed by atoms with Crippen molar-refractivity contribution in [3.8, 4) is 11.6 Å². The molecule has 0 aliphatic carbocycles. The SMILES string of the molecule is C=CCn1c(SCC(=O)Nc2ccc(CC)cc2)nnc1-c1ccco1. The van der Waals surface area contributed by atoms with E-state index in [1.165, 1.54) is 17.3 Å². The number of carbonyl (C=O) groups excluding carboxylic acids is 1. The van der Waals surface area contributed by atoms with Crippen molar-refractivity contribution in [2.75, 3.05) is 11.1 Å². The van der Waals surface area contributed by atoms with E-state index in [0.29, 0.717) is 23.3 Å². The van der Waals surface area contributed by atoms with Crippen LogP contribution in [0.4, 0.5) is 5.69 Å². The van der Waals surface area contributed by atoms with Crippen LogP contribution in [0, 0.1) is 0 Å². The number of aryl methyl sites for hydroxylation is 1. The van der Waals surface area contributed by atoms with Crippen LogP contribution >= 0.6 is 11.8 Å². The highest BCUT2D eigenvalue weighted by Crippen LogP contribution is 2.24. The predicted molar refractivity (Wildman–Crippen MR) is 103 cm³/mol. The molecule has 0 atom stereocenters. The van der Waals surface area contributed by atoms with Crippen molar-refractivity contribution in [1.29, 1.82) is 0 Å².